The number of amides is 1. The molecule has 0 aliphatic carbocycles. The van der Waals surface area contributed by atoms with E-state index in [1.54, 1.807) is 12.1 Å². The van der Waals surface area contributed by atoms with Crippen LogP contribution in [-0.2, 0) is 11.2 Å². The van der Waals surface area contributed by atoms with Crippen molar-refractivity contribution < 1.29 is 36.6 Å². The average molecular weight is 413 g/mol. The molecule has 0 aromatic heterocycles. The summed E-state index contributed by atoms with van der Waals surface area (Å²) in [5, 5.41) is 2.62. The van der Waals surface area contributed by atoms with Gasteiger partial charge in [0.25, 0.3) is 0 Å². The lowest BCUT2D eigenvalue weighted by Crippen LogP contribution is -2.23. The molecule has 29 heavy (non-hydrogen) atoms. The van der Waals surface area contributed by atoms with Crippen LogP contribution in [0.5, 0.6) is 17.2 Å². The number of carbonyl (C=O) groups is 1. The SMILES string of the molecule is COc1ccc(CCNC(=O)C=Cc2ccccc2OC(F)F)cc1OC(F)F. The molecule has 0 saturated heterocycles. The van der Waals surface area contributed by atoms with Crippen molar-refractivity contribution in [3.05, 3.63) is 59.7 Å². The maximum atomic E-state index is 12.5. The maximum Gasteiger partial charge on any atom is 0.387 e. The number of benzene rings is 2. The quantitative estimate of drug-likeness (QED) is 0.467. The molecule has 2 aromatic rings. The molecule has 1 amide bonds. The molecule has 0 unspecified atom stereocenters. The van der Waals surface area contributed by atoms with E-state index in [4.69, 9.17) is 4.74 Å². The molecule has 156 valence electrons. The molecule has 0 heterocycles. The molecule has 0 saturated carbocycles. The summed E-state index contributed by atoms with van der Waals surface area (Å²) in [5.74, 6) is -0.418. The van der Waals surface area contributed by atoms with Gasteiger partial charge in [-0.15, -0.1) is 0 Å². The number of hydrogen-bond donors (Lipinski definition) is 1. The molecule has 0 aliphatic heterocycles. The number of nitrogens with one attached hydrogen (secondary N) is 1. The Morgan fingerprint density at radius 1 is 1.00 bits per heavy atom. The van der Waals surface area contributed by atoms with Gasteiger partial charge in [0, 0.05) is 18.2 Å². The molecule has 0 spiro atoms. The molecule has 0 radical (unpaired) electrons. The van der Waals surface area contributed by atoms with E-state index in [1.165, 1.54) is 49.6 Å². The van der Waals surface area contributed by atoms with Crippen LogP contribution in [0.3, 0.4) is 0 Å². The van der Waals surface area contributed by atoms with Crippen molar-refractivity contribution in [3.8, 4) is 17.2 Å². The van der Waals surface area contributed by atoms with E-state index in [-0.39, 0.29) is 23.8 Å². The van der Waals surface area contributed by atoms with Gasteiger partial charge in [0.15, 0.2) is 11.5 Å². The fourth-order valence-corrected chi connectivity index (χ4v) is 2.44. The van der Waals surface area contributed by atoms with E-state index in [9.17, 15) is 22.4 Å². The van der Waals surface area contributed by atoms with Gasteiger partial charge in [0.2, 0.25) is 5.91 Å². The largest absolute Gasteiger partial charge is 0.493 e. The highest BCUT2D eigenvalue weighted by molar-refractivity contribution is 5.92. The first-order valence-electron chi connectivity index (χ1n) is 8.50. The smallest absolute Gasteiger partial charge is 0.387 e. The van der Waals surface area contributed by atoms with Crippen LogP contribution in [0, 0.1) is 0 Å². The maximum absolute atomic E-state index is 12.5. The van der Waals surface area contributed by atoms with Crippen LogP contribution in [0.15, 0.2) is 48.5 Å². The fourth-order valence-electron chi connectivity index (χ4n) is 2.44. The van der Waals surface area contributed by atoms with Crippen LogP contribution in [0.25, 0.3) is 6.08 Å². The first-order chi connectivity index (χ1) is 13.9. The summed E-state index contributed by atoms with van der Waals surface area (Å²) in [6, 6.07) is 10.6. The van der Waals surface area contributed by atoms with Crippen LogP contribution in [0.1, 0.15) is 11.1 Å². The highest BCUT2D eigenvalue weighted by atomic mass is 19.3. The highest BCUT2D eigenvalue weighted by Crippen LogP contribution is 2.29. The molecule has 1 N–H and O–H groups in total. The van der Waals surface area contributed by atoms with Gasteiger partial charge < -0.3 is 19.5 Å². The first-order valence-corrected chi connectivity index (χ1v) is 8.50. The van der Waals surface area contributed by atoms with E-state index in [0.29, 0.717) is 17.5 Å². The van der Waals surface area contributed by atoms with E-state index in [0.717, 1.165) is 0 Å². The standard InChI is InChI=1S/C20H19F4NO4/c1-27-16-8-6-13(12-17(16)29-20(23)24)10-11-25-18(26)9-7-14-4-2-3-5-15(14)28-19(21)22/h2-9,12,19-20H,10-11H2,1H3,(H,25,26). The second-order valence-corrected chi connectivity index (χ2v) is 5.65. The van der Waals surface area contributed by atoms with Crippen molar-refractivity contribution >= 4 is 12.0 Å². The minimum atomic E-state index is -2.99. The van der Waals surface area contributed by atoms with Crippen molar-refractivity contribution in [1.82, 2.24) is 5.32 Å². The Morgan fingerprint density at radius 3 is 2.38 bits per heavy atom. The number of methoxy groups -OCH3 is 1. The average Bonchev–Trinajstić information content (AvgIpc) is 2.66. The van der Waals surface area contributed by atoms with Crippen molar-refractivity contribution in [3.63, 3.8) is 0 Å². The molecule has 5 nitrogen and oxygen atoms in total. The van der Waals surface area contributed by atoms with Crippen molar-refractivity contribution in [2.24, 2.45) is 0 Å². The summed E-state index contributed by atoms with van der Waals surface area (Å²) >= 11 is 0. The summed E-state index contributed by atoms with van der Waals surface area (Å²) in [5.41, 5.74) is 0.980. The highest BCUT2D eigenvalue weighted by Gasteiger charge is 2.11. The Hall–Kier alpha value is -3.23. The van der Waals surface area contributed by atoms with E-state index in [2.05, 4.69) is 14.8 Å². The number of ether oxygens (including phenoxy) is 3. The lowest BCUT2D eigenvalue weighted by molar-refractivity contribution is -0.116. The number of halogens is 4. The van der Waals surface area contributed by atoms with Crippen LogP contribution in [0.2, 0.25) is 0 Å². The minimum absolute atomic E-state index is 0.0451. The lowest BCUT2D eigenvalue weighted by atomic mass is 10.1. The summed E-state index contributed by atoms with van der Waals surface area (Å²) in [4.78, 5) is 11.9. The van der Waals surface area contributed by atoms with E-state index >= 15 is 0 Å². The predicted octanol–water partition coefficient (Wildman–Crippen LogP) is 4.27. The topological polar surface area (TPSA) is 56.8 Å². The molecular weight excluding hydrogens is 394 g/mol. The summed E-state index contributed by atoms with van der Waals surface area (Å²) in [6.45, 7) is -5.73. The Morgan fingerprint density at radius 2 is 1.69 bits per heavy atom. The van der Waals surface area contributed by atoms with Crippen LogP contribution in [0.4, 0.5) is 17.6 Å². The molecule has 0 fully saturated rings. The molecule has 0 aliphatic rings. The van der Waals surface area contributed by atoms with E-state index < -0.39 is 19.1 Å². The Kier molecular flexibility index (Phi) is 8.32. The van der Waals surface area contributed by atoms with Crippen LogP contribution in [-0.4, -0.2) is 32.8 Å². The van der Waals surface area contributed by atoms with Crippen LogP contribution < -0.4 is 19.5 Å². The molecule has 2 aromatic carbocycles. The monoisotopic (exact) mass is 413 g/mol. The summed E-state index contributed by atoms with van der Waals surface area (Å²) < 4.78 is 63.4. The minimum Gasteiger partial charge on any atom is -0.493 e. The summed E-state index contributed by atoms with van der Waals surface area (Å²) in [6.07, 6.45) is 2.90. The predicted molar refractivity (Wildman–Crippen MR) is 98.4 cm³/mol. The Bertz CT molecular complexity index is 843. The van der Waals surface area contributed by atoms with Gasteiger partial charge in [-0.2, -0.15) is 17.6 Å². The van der Waals surface area contributed by atoms with Crippen molar-refractivity contribution in [1.29, 1.82) is 0 Å². The number of alkyl halides is 4. The van der Waals surface area contributed by atoms with Gasteiger partial charge in [-0.3, -0.25) is 4.79 Å². The third-order valence-corrected chi connectivity index (χ3v) is 3.71. The number of para-hydroxylation sites is 1. The Balaban J connectivity index is 1.91. The third-order valence-electron chi connectivity index (χ3n) is 3.71. The third kappa shape index (κ3) is 7.36. The molecule has 9 heteroatoms. The zero-order chi connectivity index (χ0) is 21.2. The zero-order valence-corrected chi connectivity index (χ0v) is 15.4. The van der Waals surface area contributed by atoms with Crippen molar-refractivity contribution in [2.75, 3.05) is 13.7 Å². The zero-order valence-electron chi connectivity index (χ0n) is 15.4. The second-order valence-electron chi connectivity index (χ2n) is 5.65. The van der Waals surface area contributed by atoms with Gasteiger partial charge in [0.05, 0.1) is 7.11 Å². The number of rotatable bonds is 10. The fraction of sp³-hybridized carbons (Fsp3) is 0.250. The van der Waals surface area contributed by atoms with Gasteiger partial charge in [0.1, 0.15) is 5.75 Å². The molecule has 2 rings (SSSR count). The van der Waals surface area contributed by atoms with Gasteiger partial charge in [-0.25, -0.2) is 0 Å². The first kappa shape index (κ1) is 22.1. The van der Waals surface area contributed by atoms with E-state index in [1.807, 2.05) is 0 Å². The second kappa shape index (κ2) is 10.9. The van der Waals surface area contributed by atoms with Crippen LogP contribution >= 0.6 is 0 Å². The number of carbonyl (C=O) groups excluding carboxylic acids is 1. The molecular formula is C20H19F4NO4. The normalized spacial score (nSPS) is 11.1. The molecule has 0 bridgehead atoms. The van der Waals surface area contributed by atoms with Gasteiger partial charge >= 0.3 is 13.2 Å². The lowest BCUT2D eigenvalue weighted by Gasteiger charge is -2.11. The number of hydrogen-bond acceptors (Lipinski definition) is 4. The summed E-state index contributed by atoms with van der Waals surface area (Å²) in [7, 11) is 1.34. The molecule has 0 atom stereocenters. The van der Waals surface area contributed by atoms with Crippen molar-refractivity contribution in [2.45, 2.75) is 19.6 Å². The van der Waals surface area contributed by atoms with Gasteiger partial charge in [-0.1, -0.05) is 24.3 Å². The van der Waals surface area contributed by atoms with Gasteiger partial charge in [-0.05, 0) is 36.3 Å². The Labute approximate surface area is 164 Å².